The van der Waals surface area contributed by atoms with Crippen LogP contribution in [0, 0.1) is 0 Å². The van der Waals surface area contributed by atoms with Gasteiger partial charge < -0.3 is 0 Å². The first-order chi connectivity index (χ1) is 27.8. The molecule has 0 aliphatic heterocycles. The van der Waals surface area contributed by atoms with Gasteiger partial charge in [0.25, 0.3) is 0 Å². The molecular formula is C52H48P4Pd+2. The van der Waals surface area contributed by atoms with Crippen molar-refractivity contribution in [1.29, 1.82) is 0 Å². The second-order valence-corrected chi connectivity index (χ2v) is 22.6. The average molecular weight is 903 g/mol. The van der Waals surface area contributed by atoms with E-state index in [4.69, 9.17) is 0 Å². The van der Waals surface area contributed by atoms with Gasteiger partial charge in [0.15, 0.2) is 0 Å². The van der Waals surface area contributed by atoms with Crippen molar-refractivity contribution in [2.24, 2.45) is 0 Å². The first-order valence-corrected chi connectivity index (χ1v) is 25.4. The van der Waals surface area contributed by atoms with E-state index in [1.807, 2.05) is 0 Å². The van der Waals surface area contributed by atoms with Gasteiger partial charge in [-0.25, -0.2) is 0 Å². The van der Waals surface area contributed by atoms with Crippen LogP contribution in [0.3, 0.4) is 0 Å². The molecule has 0 aliphatic rings. The van der Waals surface area contributed by atoms with Gasteiger partial charge >= 0.3 is 20.4 Å². The maximum Gasteiger partial charge on any atom is 2.00 e. The molecule has 5 heteroatoms. The molecule has 8 rings (SSSR count). The molecular weight excluding hydrogens is 855 g/mol. The van der Waals surface area contributed by atoms with Crippen molar-refractivity contribution >= 4 is 74.1 Å². The topological polar surface area (TPSA) is 0 Å². The van der Waals surface area contributed by atoms with Crippen molar-refractivity contribution in [3.8, 4) is 0 Å². The van der Waals surface area contributed by atoms with Crippen LogP contribution in [-0.4, -0.2) is 24.6 Å². The molecule has 0 aliphatic carbocycles. The normalized spacial score (nSPS) is 10.9. The van der Waals surface area contributed by atoms with E-state index in [0.29, 0.717) is 0 Å². The van der Waals surface area contributed by atoms with Crippen LogP contribution in [0.5, 0.6) is 0 Å². The van der Waals surface area contributed by atoms with Crippen LogP contribution < -0.4 is 42.4 Å². The number of hydrogen-bond donors (Lipinski definition) is 0. The van der Waals surface area contributed by atoms with Crippen LogP contribution in [0.4, 0.5) is 0 Å². The van der Waals surface area contributed by atoms with Crippen LogP contribution in [0.15, 0.2) is 243 Å². The summed E-state index contributed by atoms with van der Waals surface area (Å²) in [5.74, 6) is 0. The predicted octanol–water partition coefficient (Wildman–Crippen LogP) is 10.5. The van der Waals surface area contributed by atoms with Crippen LogP contribution in [0.25, 0.3) is 0 Å². The van der Waals surface area contributed by atoms with Gasteiger partial charge in [0.05, 0.1) is 0 Å². The zero-order valence-corrected chi connectivity index (χ0v) is 37.2. The Bertz CT molecular complexity index is 1760. The van der Waals surface area contributed by atoms with Gasteiger partial charge in [0.1, 0.15) is 0 Å². The van der Waals surface area contributed by atoms with E-state index in [1.165, 1.54) is 67.1 Å². The molecule has 0 atom stereocenters. The van der Waals surface area contributed by atoms with Gasteiger partial charge in [-0.15, -0.1) is 0 Å². The summed E-state index contributed by atoms with van der Waals surface area (Å²) in [6.45, 7) is 0. The fourth-order valence-corrected chi connectivity index (χ4v) is 17.6. The molecule has 0 saturated heterocycles. The molecule has 284 valence electrons. The Kier molecular flexibility index (Phi) is 17.6. The van der Waals surface area contributed by atoms with E-state index in [0.717, 1.165) is 0 Å². The summed E-state index contributed by atoms with van der Waals surface area (Å²) in [5.41, 5.74) is 0. The van der Waals surface area contributed by atoms with Gasteiger partial charge in [-0.05, 0) is 98.8 Å². The van der Waals surface area contributed by atoms with Crippen LogP contribution in [0.2, 0.25) is 0 Å². The summed E-state index contributed by atoms with van der Waals surface area (Å²) in [4.78, 5) is 0. The van der Waals surface area contributed by atoms with Crippen LogP contribution in [-0.2, 0) is 20.4 Å². The summed E-state index contributed by atoms with van der Waals surface area (Å²) in [7, 11) is -1.39. The van der Waals surface area contributed by atoms with E-state index < -0.39 is 0 Å². The molecule has 0 N–H and O–H groups in total. The quantitative estimate of drug-likeness (QED) is 0.0754. The zero-order chi connectivity index (χ0) is 38.0. The van der Waals surface area contributed by atoms with Gasteiger partial charge in [0, 0.05) is 0 Å². The molecule has 0 radical (unpaired) electrons. The minimum absolute atomic E-state index is 0. The second kappa shape index (κ2) is 23.5. The van der Waals surface area contributed by atoms with Crippen molar-refractivity contribution in [3.63, 3.8) is 0 Å². The molecule has 57 heavy (non-hydrogen) atoms. The minimum atomic E-state index is -0.348. The maximum absolute atomic E-state index is 2.30. The Morgan fingerprint density at radius 3 is 0.386 bits per heavy atom. The summed E-state index contributed by atoms with van der Waals surface area (Å²) in [6, 6.07) is 88.4. The first-order valence-electron chi connectivity index (χ1n) is 19.3. The third-order valence-electron chi connectivity index (χ3n) is 9.64. The standard InChI is InChI=1S/2C26H24P2.Pd/c2*1-5-13-23(14-6-1)27(24-15-7-2-8-16-24)21-22-28(25-17-9-3-10-18-25)26-19-11-4-12-20-26;/h2*1-20H,21-22H2;/q;;+2. The Balaban J connectivity index is 0.000000189. The Labute approximate surface area is 359 Å². The molecule has 8 aromatic carbocycles. The molecule has 0 saturated carbocycles. The van der Waals surface area contributed by atoms with E-state index in [-0.39, 0.29) is 52.1 Å². The van der Waals surface area contributed by atoms with E-state index >= 15 is 0 Å². The molecule has 0 aromatic heterocycles. The van der Waals surface area contributed by atoms with Gasteiger partial charge in [-0.1, -0.05) is 243 Å². The van der Waals surface area contributed by atoms with Gasteiger partial charge in [-0.2, -0.15) is 0 Å². The van der Waals surface area contributed by atoms with E-state index in [9.17, 15) is 0 Å². The van der Waals surface area contributed by atoms with Gasteiger partial charge in [0.2, 0.25) is 0 Å². The Morgan fingerprint density at radius 1 is 0.175 bits per heavy atom. The smallest absolute Gasteiger partial charge is 0.0622 e. The Hall–Kier alpha value is -3.86. The molecule has 8 aromatic rings. The fraction of sp³-hybridized carbons (Fsp3) is 0.0769. The molecule has 0 fully saturated rings. The number of rotatable bonds is 14. The monoisotopic (exact) mass is 902 g/mol. The molecule has 0 unspecified atom stereocenters. The number of hydrogen-bond acceptors (Lipinski definition) is 0. The third-order valence-corrected chi connectivity index (χ3v) is 20.4. The van der Waals surface area contributed by atoms with Crippen molar-refractivity contribution in [1.82, 2.24) is 0 Å². The SMILES string of the molecule is [Pd+2].c1ccc(P(CCP(c2ccccc2)c2ccccc2)c2ccccc2)cc1.c1ccc(P(CCP(c2ccccc2)c2ccccc2)c2ccccc2)cc1. The third kappa shape index (κ3) is 12.6. The molecule has 0 spiro atoms. The summed E-state index contributed by atoms with van der Waals surface area (Å²) < 4.78 is 0. The van der Waals surface area contributed by atoms with Crippen molar-refractivity contribution in [2.45, 2.75) is 0 Å². The fourth-order valence-electron chi connectivity index (χ4n) is 6.89. The maximum atomic E-state index is 2.30. The largest absolute Gasteiger partial charge is 2.00 e. The minimum Gasteiger partial charge on any atom is -0.0622 e. The van der Waals surface area contributed by atoms with Crippen molar-refractivity contribution < 1.29 is 20.4 Å². The second-order valence-electron chi connectivity index (χ2n) is 13.3. The van der Waals surface area contributed by atoms with Crippen molar-refractivity contribution in [3.05, 3.63) is 243 Å². The molecule has 0 heterocycles. The van der Waals surface area contributed by atoms with Crippen LogP contribution in [0.1, 0.15) is 0 Å². The Morgan fingerprint density at radius 2 is 0.281 bits per heavy atom. The zero-order valence-electron chi connectivity index (χ0n) is 32.0. The molecule has 0 nitrogen and oxygen atoms in total. The molecule has 0 bridgehead atoms. The first kappa shape index (κ1) is 42.7. The summed E-state index contributed by atoms with van der Waals surface area (Å²) in [6.07, 6.45) is 4.83. The predicted molar refractivity (Wildman–Crippen MR) is 256 cm³/mol. The molecule has 0 amide bonds. The van der Waals surface area contributed by atoms with Crippen molar-refractivity contribution in [2.75, 3.05) is 24.6 Å². The van der Waals surface area contributed by atoms with Gasteiger partial charge in [-0.3, -0.25) is 0 Å². The number of benzene rings is 8. The summed E-state index contributed by atoms with van der Waals surface area (Å²) >= 11 is 0. The van der Waals surface area contributed by atoms with Crippen LogP contribution >= 0.6 is 31.7 Å². The van der Waals surface area contributed by atoms with E-state index in [2.05, 4.69) is 243 Å². The average Bonchev–Trinajstić information content (AvgIpc) is 3.29. The van der Waals surface area contributed by atoms with E-state index in [1.54, 1.807) is 0 Å². The summed E-state index contributed by atoms with van der Waals surface area (Å²) in [5, 5.41) is 11.8.